The molecule has 0 saturated heterocycles. The van der Waals surface area contributed by atoms with Gasteiger partial charge in [-0.1, -0.05) is 164 Å². The minimum atomic E-state index is 0.637. The summed E-state index contributed by atoms with van der Waals surface area (Å²) in [6.45, 7) is 0. The van der Waals surface area contributed by atoms with Crippen LogP contribution in [-0.2, 0) is 0 Å². The van der Waals surface area contributed by atoms with Gasteiger partial charge in [0.1, 0.15) is 0 Å². The quantitative estimate of drug-likeness (QED) is 0.166. The molecule has 0 bridgehead atoms. The molecule has 0 saturated carbocycles. The van der Waals surface area contributed by atoms with Crippen molar-refractivity contribution in [2.24, 2.45) is 0 Å². The standard InChI is InChI=1S/C50H30N4S/c1-3-14-32(15-4-1)48-52-49(33-16-5-2-6-17-33)54-50(53-48)34-28-26-31(27-29-34)37-23-13-24-42-44(37)47-45(40-22-11-12-25-43(40)55-47)46(51-42)41-30-35-18-7-8-19-36(35)38-20-9-10-21-39(38)41/h1-30H. The average molecular weight is 719 g/mol. The molecule has 0 atom stereocenters. The molecule has 0 N–H and O–H groups in total. The van der Waals surface area contributed by atoms with Crippen molar-refractivity contribution in [1.29, 1.82) is 0 Å². The SMILES string of the molecule is c1ccc(-c2nc(-c3ccccc3)nc(-c3ccc(-c4cccc5nc(-c6cc7ccccc7c7ccccc67)c6c7ccccc7sc6c45)cc3)n2)cc1. The summed E-state index contributed by atoms with van der Waals surface area (Å²) in [5, 5.41) is 8.51. The zero-order valence-electron chi connectivity index (χ0n) is 29.5. The van der Waals surface area contributed by atoms with Crippen LogP contribution in [0.25, 0.3) is 109 Å². The monoisotopic (exact) mass is 718 g/mol. The largest absolute Gasteiger partial charge is 0.247 e. The van der Waals surface area contributed by atoms with E-state index in [9.17, 15) is 0 Å². The van der Waals surface area contributed by atoms with Gasteiger partial charge in [0.25, 0.3) is 0 Å². The van der Waals surface area contributed by atoms with Gasteiger partial charge in [0.15, 0.2) is 17.5 Å². The van der Waals surface area contributed by atoms with Crippen molar-refractivity contribution in [1.82, 2.24) is 19.9 Å². The highest BCUT2D eigenvalue weighted by molar-refractivity contribution is 7.26. The van der Waals surface area contributed by atoms with Crippen molar-refractivity contribution in [3.05, 3.63) is 182 Å². The van der Waals surface area contributed by atoms with Crippen LogP contribution in [0.3, 0.4) is 0 Å². The summed E-state index contributed by atoms with van der Waals surface area (Å²) < 4.78 is 2.50. The zero-order chi connectivity index (χ0) is 36.3. The first-order valence-corrected chi connectivity index (χ1v) is 19.2. The Morgan fingerprint density at radius 1 is 0.345 bits per heavy atom. The van der Waals surface area contributed by atoms with Gasteiger partial charge in [0, 0.05) is 47.8 Å². The van der Waals surface area contributed by atoms with E-state index in [4.69, 9.17) is 19.9 Å². The summed E-state index contributed by atoms with van der Waals surface area (Å²) in [6.07, 6.45) is 0. The Labute approximate surface area is 321 Å². The number of benzene rings is 8. The smallest absolute Gasteiger partial charge is 0.164 e. The molecular weight excluding hydrogens is 689 g/mol. The third-order valence-electron chi connectivity index (χ3n) is 10.5. The van der Waals surface area contributed by atoms with E-state index in [1.54, 1.807) is 0 Å². The highest BCUT2D eigenvalue weighted by atomic mass is 32.1. The summed E-state index contributed by atoms with van der Waals surface area (Å²) in [7, 11) is 0. The normalized spacial score (nSPS) is 11.6. The van der Waals surface area contributed by atoms with E-state index in [1.807, 2.05) is 72.0 Å². The maximum atomic E-state index is 5.56. The molecule has 11 rings (SSSR count). The molecule has 5 heteroatoms. The number of rotatable bonds is 5. The molecule has 4 nitrogen and oxygen atoms in total. The zero-order valence-corrected chi connectivity index (χ0v) is 30.3. The summed E-state index contributed by atoms with van der Waals surface area (Å²) in [6, 6.07) is 63.8. The maximum absolute atomic E-state index is 5.56. The van der Waals surface area contributed by atoms with Gasteiger partial charge in [-0.15, -0.1) is 11.3 Å². The molecule has 55 heavy (non-hydrogen) atoms. The Balaban J connectivity index is 1.10. The average Bonchev–Trinajstić information content (AvgIpc) is 3.66. The lowest BCUT2D eigenvalue weighted by Gasteiger charge is -2.15. The molecule has 0 spiro atoms. The van der Waals surface area contributed by atoms with Crippen LogP contribution in [0.2, 0.25) is 0 Å². The first-order valence-electron chi connectivity index (χ1n) is 18.4. The first kappa shape index (κ1) is 31.4. The topological polar surface area (TPSA) is 51.6 Å². The number of aromatic nitrogens is 4. The maximum Gasteiger partial charge on any atom is 0.164 e. The summed E-state index contributed by atoms with van der Waals surface area (Å²) >= 11 is 1.85. The molecule has 0 radical (unpaired) electrons. The van der Waals surface area contributed by atoms with E-state index >= 15 is 0 Å². The Kier molecular flexibility index (Phi) is 7.32. The van der Waals surface area contributed by atoms with Gasteiger partial charge in [-0.2, -0.15) is 0 Å². The summed E-state index contributed by atoms with van der Waals surface area (Å²) in [4.78, 5) is 20.4. The molecule has 0 aliphatic heterocycles. The van der Waals surface area contributed by atoms with E-state index in [-0.39, 0.29) is 0 Å². The Bertz CT molecular complexity index is 3190. The Hall–Kier alpha value is -7.08. The van der Waals surface area contributed by atoms with E-state index in [1.165, 1.54) is 41.7 Å². The molecule has 0 aliphatic rings. The fourth-order valence-electron chi connectivity index (χ4n) is 7.93. The second-order valence-corrected chi connectivity index (χ2v) is 14.8. The number of nitrogens with zero attached hydrogens (tertiary/aromatic N) is 4. The lowest BCUT2D eigenvalue weighted by molar-refractivity contribution is 1.07. The number of hydrogen-bond acceptors (Lipinski definition) is 5. The van der Waals surface area contributed by atoms with Crippen LogP contribution in [0.15, 0.2) is 182 Å². The molecule has 256 valence electrons. The van der Waals surface area contributed by atoms with Crippen molar-refractivity contribution in [2.75, 3.05) is 0 Å². The van der Waals surface area contributed by atoms with E-state index in [2.05, 4.69) is 121 Å². The van der Waals surface area contributed by atoms with E-state index in [0.29, 0.717) is 17.5 Å². The summed E-state index contributed by atoms with van der Waals surface area (Å²) in [5.74, 6) is 1.93. The Morgan fingerprint density at radius 2 is 0.891 bits per heavy atom. The number of thiophene rings is 1. The van der Waals surface area contributed by atoms with E-state index < -0.39 is 0 Å². The van der Waals surface area contributed by atoms with Crippen molar-refractivity contribution < 1.29 is 0 Å². The molecule has 3 heterocycles. The van der Waals surface area contributed by atoms with Gasteiger partial charge in [-0.3, -0.25) is 0 Å². The Morgan fingerprint density at radius 3 is 1.58 bits per heavy atom. The van der Waals surface area contributed by atoms with Gasteiger partial charge < -0.3 is 0 Å². The van der Waals surface area contributed by atoms with Gasteiger partial charge in [0.05, 0.1) is 11.2 Å². The molecule has 0 fully saturated rings. The van der Waals surface area contributed by atoms with Gasteiger partial charge in [-0.25, -0.2) is 19.9 Å². The van der Waals surface area contributed by atoms with Crippen LogP contribution in [0.4, 0.5) is 0 Å². The number of hydrogen-bond donors (Lipinski definition) is 0. The lowest BCUT2D eigenvalue weighted by atomic mass is 9.92. The van der Waals surface area contributed by atoms with Crippen LogP contribution < -0.4 is 0 Å². The third-order valence-corrected chi connectivity index (χ3v) is 11.7. The molecule has 0 unspecified atom stereocenters. The van der Waals surface area contributed by atoms with Crippen molar-refractivity contribution in [3.63, 3.8) is 0 Å². The van der Waals surface area contributed by atoms with Crippen LogP contribution >= 0.6 is 11.3 Å². The highest BCUT2D eigenvalue weighted by Crippen LogP contribution is 2.47. The number of fused-ring (bicyclic) bond motifs is 8. The van der Waals surface area contributed by atoms with Crippen LogP contribution in [0, 0.1) is 0 Å². The predicted molar refractivity (Wildman–Crippen MR) is 230 cm³/mol. The second-order valence-electron chi connectivity index (χ2n) is 13.8. The van der Waals surface area contributed by atoms with Gasteiger partial charge in [0.2, 0.25) is 0 Å². The predicted octanol–water partition coefficient (Wildman–Crippen LogP) is 13.4. The lowest BCUT2D eigenvalue weighted by Crippen LogP contribution is -2.00. The van der Waals surface area contributed by atoms with Crippen molar-refractivity contribution in [2.45, 2.75) is 0 Å². The fourth-order valence-corrected chi connectivity index (χ4v) is 9.20. The van der Waals surface area contributed by atoms with Crippen LogP contribution in [0.1, 0.15) is 0 Å². The molecule has 0 aliphatic carbocycles. The second kappa shape index (κ2) is 12.8. The van der Waals surface area contributed by atoms with Crippen molar-refractivity contribution >= 4 is 64.0 Å². The fraction of sp³-hybridized carbons (Fsp3) is 0. The van der Waals surface area contributed by atoms with Gasteiger partial charge >= 0.3 is 0 Å². The third kappa shape index (κ3) is 5.28. The van der Waals surface area contributed by atoms with Crippen LogP contribution in [-0.4, -0.2) is 19.9 Å². The molecule has 8 aromatic carbocycles. The number of pyridine rings is 1. The molecular formula is C50H30N4S. The summed E-state index contributed by atoms with van der Waals surface area (Å²) in [5.41, 5.74) is 8.24. The van der Waals surface area contributed by atoms with Crippen molar-refractivity contribution in [3.8, 4) is 56.5 Å². The minimum absolute atomic E-state index is 0.637. The molecule has 11 aromatic rings. The van der Waals surface area contributed by atoms with Crippen LogP contribution in [0.5, 0.6) is 0 Å². The molecule has 0 amide bonds. The minimum Gasteiger partial charge on any atom is -0.247 e. The first-order chi connectivity index (χ1) is 27.3. The highest BCUT2D eigenvalue weighted by Gasteiger charge is 2.21. The van der Waals surface area contributed by atoms with Gasteiger partial charge in [-0.05, 0) is 50.9 Å². The van der Waals surface area contributed by atoms with E-state index in [0.717, 1.165) is 50.0 Å². The molecule has 3 aromatic heterocycles.